The maximum absolute atomic E-state index is 11.2. The number of hydrogen-bond donors (Lipinski definition) is 2. The Morgan fingerprint density at radius 3 is 2.56 bits per heavy atom. The Kier molecular flexibility index (Phi) is 3.19. The van der Waals surface area contributed by atoms with Gasteiger partial charge in [-0.25, -0.2) is 4.79 Å². The molecule has 0 radical (unpaired) electrons. The summed E-state index contributed by atoms with van der Waals surface area (Å²) in [5.74, 6) is -0.817. The number of thiophene rings is 1. The highest BCUT2D eigenvalue weighted by Crippen LogP contribution is 2.34. The third kappa shape index (κ3) is 2.07. The van der Waals surface area contributed by atoms with Crippen LogP contribution >= 0.6 is 11.3 Å². The van der Waals surface area contributed by atoms with Gasteiger partial charge in [-0.15, -0.1) is 11.3 Å². The number of hydrogen-bond acceptors (Lipinski definition) is 3. The van der Waals surface area contributed by atoms with E-state index in [-0.39, 0.29) is 0 Å². The van der Waals surface area contributed by atoms with E-state index in [0.717, 1.165) is 28.3 Å². The molecule has 1 heterocycles. The highest BCUT2D eigenvalue weighted by Gasteiger charge is 2.22. The van der Waals surface area contributed by atoms with Crippen LogP contribution in [0.2, 0.25) is 0 Å². The fourth-order valence-corrected chi connectivity index (χ4v) is 3.37. The van der Waals surface area contributed by atoms with Crippen LogP contribution in [0.1, 0.15) is 46.5 Å². The van der Waals surface area contributed by atoms with Crippen LogP contribution in [0.3, 0.4) is 0 Å². The Balaban J connectivity index is 2.25. The predicted octanol–water partition coefficient (Wildman–Crippen LogP) is 3.42. The molecular formula is C12H17NO2S. The fraction of sp³-hybridized carbons (Fsp3) is 0.583. The number of aryl methyl sites for hydroxylation is 1. The molecule has 16 heavy (non-hydrogen) atoms. The molecule has 1 fully saturated rings. The number of carbonyl (C=O) groups is 1. The molecule has 0 saturated heterocycles. The van der Waals surface area contributed by atoms with Crippen molar-refractivity contribution in [3.8, 4) is 0 Å². The lowest BCUT2D eigenvalue weighted by Gasteiger charge is -2.12. The third-order valence-corrected chi connectivity index (χ3v) is 4.43. The molecule has 0 bridgehead atoms. The Bertz CT molecular complexity index is 405. The normalized spacial score (nSPS) is 16.6. The lowest BCUT2D eigenvalue weighted by molar-refractivity contribution is 0.0697. The number of nitrogens with one attached hydrogen (secondary N) is 1. The second-order valence-corrected chi connectivity index (χ2v) is 5.64. The van der Waals surface area contributed by atoms with Gasteiger partial charge in [0.2, 0.25) is 0 Å². The highest BCUT2D eigenvalue weighted by atomic mass is 32.1. The molecule has 1 aromatic heterocycles. The number of carboxylic acids is 1. The van der Waals surface area contributed by atoms with E-state index in [4.69, 9.17) is 0 Å². The maximum atomic E-state index is 11.2. The first kappa shape index (κ1) is 11.5. The van der Waals surface area contributed by atoms with Gasteiger partial charge in [-0.1, -0.05) is 12.8 Å². The van der Waals surface area contributed by atoms with E-state index in [1.807, 2.05) is 13.8 Å². The van der Waals surface area contributed by atoms with E-state index >= 15 is 0 Å². The monoisotopic (exact) mass is 239 g/mol. The first-order valence-electron chi connectivity index (χ1n) is 5.69. The van der Waals surface area contributed by atoms with E-state index in [2.05, 4.69) is 5.32 Å². The molecule has 4 heteroatoms. The van der Waals surface area contributed by atoms with Crippen LogP contribution in [0.5, 0.6) is 0 Å². The summed E-state index contributed by atoms with van der Waals surface area (Å²) < 4.78 is 0. The molecule has 3 nitrogen and oxygen atoms in total. The van der Waals surface area contributed by atoms with E-state index in [1.54, 1.807) is 11.3 Å². The minimum atomic E-state index is -0.817. The van der Waals surface area contributed by atoms with Crippen molar-refractivity contribution in [2.24, 2.45) is 0 Å². The zero-order valence-electron chi connectivity index (χ0n) is 9.67. The number of carboxylic acid groups (broad SMARTS) is 1. The molecule has 0 atom stereocenters. The lowest BCUT2D eigenvalue weighted by atomic mass is 10.1. The molecule has 1 aliphatic carbocycles. The lowest BCUT2D eigenvalue weighted by Crippen LogP contribution is -2.15. The standard InChI is InChI=1S/C12H17NO2S/c1-7-8(2)16-11(10(7)12(14)15)13-9-5-3-4-6-9/h9,13H,3-6H2,1-2H3,(H,14,15). The quantitative estimate of drug-likeness (QED) is 0.849. The first-order valence-corrected chi connectivity index (χ1v) is 6.51. The Morgan fingerprint density at radius 1 is 1.38 bits per heavy atom. The van der Waals surface area contributed by atoms with Gasteiger partial charge >= 0.3 is 5.97 Å². The van der Waals surface area contributed by atoms with Gasteiger partial charge in [-0.2, -0.15) is 0 Å². The summed E-state index contributed by atoms with van der Waals surface area (Å²) in [6.07, 6.45) is 4.83. The molecule has 0 amide bonds. The van der Waals surface area contributed by atoms with E-state index in [9.17, 15) is 9.90 Å². The molecule has 0 spiro atoms. The zero-order chi connectivity index (χ0) is 11.7. The van der Waals surface area contributed by atoms with Crippen LogP contribution in [0.15, 0.2) is 0 Å². The minimum absolute atomic E-state index is 0.467. The van der Waals surface area contributed by atoms with Crippen molar-refractivity contribution in [1.82, 2.24) is 0 Å². The van der Waals surface area contributed by atoms with Crippen molar-refractivity contribution >= 4 is 22.3 Å². The summed E-state index contributed by atoms with van der Waals surface area (Å²) in [5.41, 5.74) is 1.37. The molecule has 0 unspecified atom stereocenters. The van der Waals surface area contributed by atoms with Crippen LogP contribution in [0.25, 0.3) is 0 Å². The van der Waals surface area contributed by atoms with Crippen molar-refractivity contribution in [2.45, 2.75) is 45.6 Å². The fourth-order valence-electron chi connectivity index (χ4n) is 2.24. The molecule has 1 aliphatic rings. The molecule has 1 saturated carbocycles. The Labute approximate surface area is 99.5 Å². The summed E-state index contributed by atoms with van der Waals surface area (Å²) in [7, 11) is 0. The summed E-state index contributed by atoms with van der Waals surface area (Å²) in [6.45, 7) is 3.86. The van der Waals surface area contributed by atoms with Crippen molar-refractivity contribution in [3.63, 3.8) is 0 Å². The van der Waals surface area contributed by atoms with Crippen LogP contribution < -0.4 is 5.32 Å². The number of rotatable bonds is 3. The van der Waals surface area contributed by atoms with Crippen LogP contribution in [0, 0.1) is 13.8 Å². The van der Waals surface area contributed by atoms with Crippen molar-refractivity contribution in [1.29, 1.82) is 0 Å². The SMILES string of the molecule is Cc1sc(NC2CCCC2)c(C(=O)O)c1C. The highest BCUT2D eigenvalue weighted by molar-refractivity contribution is 7.16. The van der Waals surface area contributed by atoms with Gasteiger partial charge in [-0.3, -0.25) is 0 Å². The van der Waals surface area contributed by atoms with Crippen molar-refractivity contribution in [3.05, 3.63) is 16.0 Å². The van der Waals surface area contributed by atoms with E-state index in [0.29, 0.717) is 11.6 Å². The van der Waals surface area contributed by atoms with Gasteiger partial charge in [0, 0.05) is 10.9 Å². The minimum Gasteiger partial charge on any atom is -0.478 e. The van der Waals surface area contributed by atoms with Gasteiger partial charge in [0.25, 0.3) is 0 Å². The summed E-state index contributed by atoms with van der Waals surface area (Å²) in [5, 5.41) is 13.4. The largest absolute Gasteiger partial charge is 0.478 e. The second kappa shape index (κ2) is 4.45. The molecule has 88 valence electrons. The van der Waals surface area contributed by atoms with Gasteiger partial charge < -0.3 is 10.4 Å². The summed E-state index contributed by atoms with van der Waals surface area (Å²) in [4.78, 5) is 12.3. The van der Waals surface area contributed by atoms with Gasteiger partial charge in [0.05, 0.1) is 5.56 Å². The number of anilines is 1. The Morgan fingerprint density at radius 2 is 2.00 bits per heavy atom. The van der Waals surface area contributed by atoms with E-state index < -0.39 is 5.97 Å². The average molecular weight is 239 g/mol. The van der Waals surface area contributed by atoms with Crippen molar-refractivity contribution in [2.75, 3.05) is 5.32 Å². The van der Waals surface area contributed by atoms with E-state index in [1.165, 1.54) is 12.8 Å². The topological polar surface area (TPSA) is 49.3 Å². The maximum Gasteiger partial charge on any atom is 0.338 e. The smallest absolute Gasteiger partial charge is 0.338 e. The second-order valence-electron chi connectivity index (χ2n) is 4.42. The first-order chi connectivity index (χ1) is 7.59. The molecule has 0 aromatic carbocycles. The molecule has 1 aromatic rings. The van der Waals surface area contributed by atoms with Crippen LogP contribution in [0.4, 0.5) is 5.00 Å². The summed E-state index contributed by atoms with van der Waals surface area (Å²) in [6, 6.07) is 0.468. The molecular weight excluding hydrogens is 222 g/mol. The number of aromatic carboxylic acids is 1. The molecule has 2 rings (SSSR count). The van der Waals surface area contributed by atoms with Crippen LogP contribution in [-0.4, -0.2) is 17.1 Å². The Hall–Kier alpha value is -1.03. The zero-order valence-corrected chi connectivity index (χ0v) is 10.5. The van der Waals surface area contributed by atoms with Gasteiger partial charge in [0.15, 0.2) is 0 Å². The summed E-state index contributed by atoms with van der Waals surface area (Å²) >= 11 is 1.56. The third-order valence-electron chi connectivity index (χ3n) is 3.29. The van der Waals surface area contributed by atoms with Crippen molar-refractivity contribution < 1.29 is 9.90 Å². The average Bonchev–Trinajstić information content (AvgIpc) is 2.77. The van der Waals surface area contributed by atoms with Crippen LogP contribution in [-0.2, 0) is 0 Å². The molecule has 2 N–H and O–H groups in total. The molecule has 0 aliphatic heterocycles. The van der Waals surface area contributed by atoms with Gasteiger partial charge in [0.1, 0.15) is 5.00 Å². The predicted molar refractivity (Wildman–Crippen MR) is 66.6 cm³/mol. The van der Waals surface area contributed by atoms with Gasteiger partial charge in [-0.05, 0) is 32.3 Å².